The van der Waals surface area contributed by atoms with Crippen molar-refractivity contribution in [2.45, 2.75) is 4.90 Å². The molecule has 0 bridgehead atoms. The fourth-order valence-corrected chi connectivity index (χ4v) is 3.25. The molecule has 0 unspecified atom stereocenters. The summed E-state index contributed by atoms with van der Waals surface area (Å²) in [5.41, 5.74) is 1.16. The molecule has 17 heavy (non-hydrogen) atoms. The molecule has 0 aliphatic heterocycles. The van der Waals surface area contributed by atoms with Gasteiger partial charge in [-0.15, -0.1) is 0 Å². The van der Waals surface area contributed by atoms with E-state index in [-0.39, 0.29) is 10.0 Å². The van der Waals surface area contributed by atoms with Gasteiger partial charge in [0.1, 0.15) is 10.0 Å². The van der Waals surface area contributed by atoms with Crippen LogP contribution in [0, 0.1) is 0 Å². The fraction of sp³-hybridized carbons (Fsp3) is 0. The zero-order chi connectivity index (χ0) is 12.5. The van der Waals surface area contributed by atoms with Crippen molar-refractivity contribution in [1.29, 1.82) is 0 Å². The standard InChI is InChI=1S/C11H7Cl2NO2S/c12-11-10(17(13,15)16)9(6-7-14-11)8-4-2-1-3-5-8/h1-7H. The SMILES string of the molecule is O=S(=O)(Cl)c1c(-c2ccccc2)ccnc1Cl. The van der Waals surface area contributed by atoms with E-state index in [2.05, 4.69) is 4.98 Å². The second-order valence-corrected chi connectivity index (χ2v) is 6.14. The summed E-state index contributed by atoms with van der Waals surface area (Å²) in [6.45, 7) is 0. The van der Waals surface area contributed by atoms with Crippen molar-refractivity contribution in [3.05, 3.63) is 47.7 Å². The van der Waals surface area contributed by atoms with Crippen LogP contribution in [0.15, 0.2) is 47.5 Å². The maximum absolute atomic E-state index is 11.5. The molecular weight excluding hydrogens is 281 g/mol. The van der Waals surface area contributed by atoms with E-state index in [0.29, 0.717) is 5.56 Å². The van der Waals surface area contributed by atoms with E-state index < -0.39 is 9.05 Å². The molecule has 1 aromatic carbocycles. The average Bonchev–Trinajstić information content (AvgIpc) is 2.28. The molecule has 0 aliphatic rings. The highest BCUT2D eigenvalue weighted by Crippen LogP contribution is 2.33. The van der Waals surface area contributed by atoms with Gasteiger partial charge in [-0.1, -0.05) is 41.9 Å². The predicted molar refractivity (Wildman–Crippen MR) is 67.7 cm³/mol. The van der Waals surface area contributed by atoms with Gasteiger partial charge in [0, 0.05) is 22.4 Å². The van der Waals surface area contributed by atoms with Crippen LogP contribution in [0.3, 0.4) is 0 Å². The fourth-order valence-electron chi connectivity index (χ4n) is 1.50. The zero-order valence-electron chi connectivity index (χ0n) is 8.47. The van der Waals surface area contributed by atoms with E-state index in [9.17, 15) is 8.42 Å². The molecule has 2 rings (SSSR count). The van der Waals surface area contributed by atoms with Gasteiger partial charge in [-0.3, -0.25) is 0 Å². The van der Waals surface area contributed by atoms with Gasteiger partial charge in [-0.05, 0) is 11.6 Å². The molecule has 0 amide bonds. The molecule has 0 spiro atoms. The Kier molecular flexibility index (Phi) is 3.38. The number of benzene rings is 1. The van der Waals surface area contributed by atoms with E-state index in [1.54, 1.807) is 30.3 Å². The molecule has 88 valence electrons. The number of halogens is 2. The van der Waals surface area contributed by atoms with Gasteiger partial charge in [-0.2, -0.15) is 0 Å². The van der Waals surface area contributed by atoms with Crippen molar-refractivity contribution in [2.24, 2.45) is 0 Å². The molecule has 0 saturated carbocycles. The molecule has 0 aliphatic carbocycles. The topological polar surface area (TPSA) is 47.0 Å². The smallest absolute Gasteiger partial charge is 0.243 e. The average molecular weight is 288 g/mol. The number of aromatic nitrogens is 1. The summed E-state index contributed by atoms with van der Waals surface area (Å²) >= 11 is 5.79. The van der Waals surface area contributed by atoms with Crippen molar-refractivity contribution >= 4 is 31.3 Å². The summed E-state index contributed by atoms with van der Waals surface area (Å²) in [5.74, 6) is 0. The van der Waals surface area contributed by atoms with Crippen LogP contribution in [0.4, 0.5) is 0 Å². The third kappa shape index (κ3) is 2.60. The third-order valence-electron chi connectivity index (χ3n) is 2.19. The Morgan fingerprint density at radius 1 is 1.06 bits per heavy atom. The summed E-state index contributed by atoms with van der Waals surface area (Å²) < 4.78 is 23.0. The number of nitrogens with zero attached hydrogens (tertiary/aromatic N) is 1. The monoisotopic (exact) mass is 287 g/mol. The van der Waals surface area contributed by atoms with Gasteiger partial charge in [0.15, 0.2) is 0 Å². The summed E-state index contributed by atoms with van der Waals surface area (Å²) in [6.07, 6.45) is 1.44. The highest BCUT2D eigenvalue weighted by atomic mass is 35.7. The lowest BCUT2D eigenvalue weighted by atomic mass is 10.1. The normalized spacial score (nSPS) is 11.4. The zero-order valence-corrected chi connectivity index (χ0v) is 10.8. The lowest BCUT2D eigenvalue weighted by Gasteiger charge is -2.07. The van der Waals surface area contributed by atoms with Gasteiger partial charge < -0.3 is 0 Å². The van der Waals surface area contributed by atoms with Crippen molar-refractivity contribution in [3.8, 4) is 11.1 Å². The van der Waals surface area contributed by atoms with Gasteiger partial charge in [0.2, 0.25) is 0 Å². The van der Waals surface area contributed by atoms with Gasteiger partial charge in [0.05, 0.1) is 0 Å². The largest absolute Gasteiger partial charge is 0.264 e. The quantitative estimate of drug-likeness (QED) is 0.629. The lowest BCUT2D eigenvalue weighted by Crippen LogP contribution is -1.97. The molecule has 1 heterocycles. The first-order chi connectivity index (χ1) is 8.00. The van der Waals surface area contributed by atoms with Crippen LogP contribution in [0.2, 0.25) is 5.15 Å². The Morgan fingerprint density at radius 3 is 2.29 bits per heavy atom. The predicted octanol–water partition coefficient (Wildman–Crippen LogP) is 3.33. The van der Waals surface area contributed by atoms with Crippen LogP contribution >= 0.6 is 22.3 Å². The van der Waals surface area contributed by atoms with E-state index in [4.69, 9.17) is 22.3 Å². The first kappa shape index (κ1) is 12.4. The van der Waals surface area contributed by atoms with Crippen LogP contribution in [0.25, 0.3) is 11.1 Å². The maximum atomic E-state index is 11.5. The molecular formula is C11H7Cl2NO2S. The second-order valence-electron chi connectivity index (χ2n) is 3.28. The Bertz CT molecular complexity index is 642. The Balaban J connectivity index is 2.76. The van der Waals surface area contributed by atoms with Crippen LogP contribution in [-0.4, -0.2) is 13.4 Å². The first-order valence-electron chi connectivity index (χ1n) is 4.65. The molecule has 0 radical (unpaired) electrons. The third-order valence-corrected chi connectivity index (χ3v) is 3.95. The number of pyridine rings is 1. The molecule has 0 atom stereocenters. The molecule has 1 aromatic heterocycles. The minimum absolute atomic E-state index is 0.124. The Morgan fingerprint density at radius 2 is 1.71 bits per heavy atom. The number of hydrogen-bond donors (Lipinski definition) is 0. The molecule has 6 heteroatoms. The van der Waals surface area contributed by atoms with E-state index in [0.717, 1.165) is 5.56 Å². The highest BCUT2D eigenvalue weighted by Gasteiger charge is 2.21. The van der Waals surface area contributed by atoms with Gasteiger partial charge in [-0.25, -0.2) is 13.4 Å². The molecule has 3 nitrogen and oxygen atoms in total. The molecule has 0 fully saturated rings. The Hall–Kier alpha value is -1.10. The van der Waals surface area contributed by atoms with Crippen LogP contribution in [-0.2, 0) is 9.05 Å². The molecule has 0 saturated heterocycles. The molecule has 0 N–H and O–H groups in total. The van der Waals surface area contributed by atoms with E-state index in [1.165, 1.54) is 6.20 Å². The summed E-state index contributed by atoms with van der Waals surface area (Å²) in [4.78, 5) is 3.58. The van der Waals surface area contributed by atoms with Crippen molar-refractivity contribution < 1.29 is 8.42 Å². The van der Waals surface area contributed by atoms with Gasteiger partial charge in [0.25, 0.3) is 9.05 Å². The number of rotatable bonds is 2. The Labute approximate surface area is 108 Å². The van der Waals surface area contributed by atoms with Crippen LogP contribution < -0.4 is 0 Å². The van der Waals surface area contributed by atoms with Crippen molar-refractivity contribution in [2.75, 3.05) is 0 Å². The maximum Gasteiger partial charge on any atom is 0.264 e. The van der Waals surface area contributed by atoms with Crippen molar-refractivity contribution in [1.82, 2.24) is 4.98 Å². The minimum Gasteiger partial charge on any atom is -0.243 e. The van der Waals surface area contributed by atoms with Crippen molar-refractivity contribution in [3.63, 3.8) is 0 Å². The van der Waals surface area contributed by atoms with E-state index >= 15 is 0 Å². The van der Waals surface area contributed by atoms with Crippen LogP contribution in [0.5, 0.6) is 0 Å². The lowest BCUT2D eigenvalue weighted by molar-refractivity contribution is 0.609. The second kappa shape index (κ2) is 4.64. The van der Waals surface area contributed by atoms with Crippen LogP contribution in [0.1, 0.15) is 0 Å². The summed E-state index contributed by atoms with van der Waals surface area (Å²) in [7, 11) is 1.43. The highest BCUT2D eigenvalue weighted by molar-refractivity contribution is 8.14. The first-order valence-corrected chi connectivity index (χ1v) is 7.33. The summed E-state index contributed by atoms with van der Waals surface area (Å²) in [6, 6.07) is 10.6. The van der Waals surface area contributed by atoms with E-state index in [1.807, 2.05) is 6.07 Å². The molecule has 2 aromatic rings. The summed E-state index contributed by atoms with van der Waals surface area (Å²) in [5, 5.41) is -0.124. The van der Waals surface area contributed by atoms with Gasteiger partial charge >= 0.3 is 0 Å². The minimum atomic E-state index is -3.93. The number of hydrogen-bond acceptors (Lipinski definition) is 3.